The highest BCUT2D eigenvalue weighted by molar-refractivity contribution is 5.94. The van der Waals surface area contributed by atoms with Crippen LogP contribution in [0.3, 0.4) is 0 Å². The largest absolute Gasteiger partial charge is 0.494 e. The van der Waals surface area contributed by atoms with Gasteiger partial charge in [0.1, 0.15) is 5.75 Å². The molecule has 0 spiro atoms. The number of benzene rings is 3. The van der Waals surface area contributed by atoms with Crippen LogP contribution < -0.4 is 10.1 Å². The average Bonchev–Trinajstić information content (AvgIpc) is 2.68. The topological polar surface area (TPSA) is 41.6 Å². The van der Waals surface area contributed by atoms with E-state index in [1.807, 2.05) is 39.2 Å². The molecule has 1 atom stereocenters. The fraction of sp³-hybridized carbons (Fsp3) is 0.261. The van der Waals surface area contributed by atoms with Crippen molar-refractivity contribution >= 4 is 16.7 Å². The average molecular weight is 362 g/mol. The van der Waals surface area contributed by atoms with Gasteiger partial charge in [-0.2, -0.15) is 0 Å². The van der Waals surface area contributed by atoms with E-state index in [1.54, 1.807) is 12.1 Å². The summed E-state index contributed by atoms with van der Waals surface area (Å²) >= 11 is 0. The zero-order valence-corrected chi connectivity index (χ0v) is 16.1. The Labute approximate surface area is 160 Å². The smallest absolute Gasteiger partial charge is 0.251 e. The van der Waals surface area contributed by atoms with Crippen LogP contribution in [0.15, 0.2) is 66.7 Å². The predicted octanol–water partition coefficient (Wildman–Crippen LogP) is 4.27. The Balaban J connectivity index is 1.76. The minimum Gasteiger partial charge on any atom is -0.494 e. The Morgan fingerprint density at radius 1 is 1.00 bits per heavy atom. The normalized spacial score (nSPS) is 12.1. The maximum atomic E-state index is 12.6. The molecule has 3 rings (SSSR count). The predicted molar refractivity (Wildman–Crippen MR) is 110 cm³/mol. The number of likely N-dealkylation sites (N-methyl/N-ethyl adjacent to an activating group) is 1. The van der Waals surface area contributed by atoms with Crippen molar-refractivity contribution in [1.82, 2.24) is 10.2 Å². The number of amides is 1. The molecular formula is C23H26N2O2. The number of rotatable bonds is 7. The van der Waals surface area contributed by atoms with Crippen LogP contribution in [0.5, 0.6) is 5.75 Å². The van der Waals surface area contributed by atoms with Crippen molar-refractivity contribution in [2.75, 3.05) is 27.2 Å². The molecule has 0 aliphatic heterocycles. The number of carbonyl (C=O) groups excluding carboxylic acids is 1. The molecule has 1 amide bonds. The molecule has 1 N–H and O–H groups in total. The lowest BCUT2D eigenvalue weighted by atomic mass is 9.98. The molecule has 0 aliphatic carbocycles. The van der Waals surface area contributed by atoms with Crippen LogP contribution in [0.1, 0.15) is 28.9 Å². The fourth-order valence-electron chi connectivity index (χ4n) is 3.27. The number of fused-ring (bicyclic) bond motifs is 1. The molecule has 3 aromatic carbocycles. The van der Waals surface area contributed by atoms with E-state index in [9.17, 15) is 4.79 Å². The van der Waals surface area contributed by atoms with Gasteiger partial charge in [0.2, 0.25) is 0 Å². The zero-order chi connectivity index (χ0) is 19.2. The van der Waals surface area contributed by atoms with Crippen molar-refractivity contribution in [2.45, 2.75) is 13.0 Å². The van der Waals surface area contributed by atoms with Gasteiger partial charge >= 0.3 is 0 Å². The monoisotopic (exact) mass is 362 g/mol. The number of carbonyl (C=O) groups is 1. The Kier molecular flexibility index (Phi) is 6.09. The molecular weight excluding hydrogens is 336 g/mol. The second-order valence-corrected chi connectivity index (χ2v) is 6.72. The summed E-state index contributed by atoms with van der Waals surface area (Å²) < 4.78 is 5.43. The van der Waals surface area contributed by atoms with Crippen LogP contribution in [-0.4, -0.2) is 38.1 Å². The number of nitrogens with one attached hydrogen (secondary N) is 1. The Hall–Kier alpha value is -2.85. The highest BCUT2D eigenvalue weighted by atomic mass is 16.5. The van der Waals surface area contributed by atoms with E-state index in [4.69, 9.17) is 4.74 Å². The summed E-state index contributed by atoms with van der Waals surface area (Å²) in [6.45, 7) is 3.09. The van der Waals surface area contributed by atoms with Gasteiger partial charge in [0.25, 0.3) is 5.91 Å². The molecule has 140 valence electrons. The van der Waals surface area contributed by atoms with E-state index in [-0.39, 0.29) is 11.9 Å². The SMILES string of the molecule is CCOc1ccc(C(=O)NCC(c2cccc3ccccc23)N(C)C)cc1. The molecule has 0 fully saturated rings. The zero-order valence-electron chi connectivity index (χ0n) is 16.1. The highest BCUT2D eigenvalue weighted by Gasteiger charge is 2.18. The van der Waals surface area contributed by atoms with Gasteiger partial charge in [-0.3, -0.25) is 4.79 Å². The van der Waals surface area contributed by atoms with Crippen molar-refractivity contribution in [3.63, 3.8) is 0 Å². The van der Waals surface area contributed by atoms with E-state index in [2.05, 4.69) is 46.6 Å². The first-order chi connectivity index (χ1) is 13.1. The standard InChI is InChI=1S/C23H26N2O2/c1-4-27-19-14-12-18(13-15-19)23(26)24-16-22(25(2)3)21-11-7-9-17-8-5-6-10-20(17)21/h5-15,22H,4,16H2,1-3H3,(H,24,26). The van der Waals surface area contributed by atoms with Crippen LogP contribution in [0.4, 0.5) is 0 Å². The molecule has 0 saturated carbocycles. The molecule has 3 aromatic rings. The first kappa shape index (κ1) is 18.9. The summed E-state index contributed by atoms with van der Waals surface area (Å²) in [7, 11) is 4.07. The van der Waals surface area contributed by atoms with E-state index in [1.165, 1.54) is 16.3 Å². The highest BCUT2D eigenvalue weighted by Crippen LogP contribution is 2.26. The first-order valence-corrected chi connectivity index (χ1v) is 9.25. The van der Waals surface area contributed by atoms with Crippen LogP contribution in [0, 0.1) is 0 Å². The quantitative estimate of drug-likeness (QED) is 0.682. The van der Waals surface area contributed by atoms with Gasteiger partial charge in [-0.25, -0.2) is 0 Å². The molecule has 0 aliphatic rings. The van der Waals surface area contributed by atoms with Gasteiger partial charge in [-0.15, -0.1) is 0 Å². The maximum absolute atomic E-state index is 12.6. The number of ether oxygens (including phenoxy) is 1. The van der Waals surface area contributed by atoms with E-state index in [0.717, 1.165) is 5.75 Å². The lowest BCUT2D eigenvalue weighted by Gasteiger charge is -2.26. The summed E-state index contributed by atoms with van der Waals surface area (Å²) in [5.41, 5.74) is 1.85. The van der Waals surface area contributed by atoms with Crippen molar-refractivity contribution in [2.24, 2.45) is 0 Å². The van der Waals surface area contributed by atoms with E-state index in [0.29, 0.717) is 18.7 Å². The fourth-order valence-corrected chi connectivity index (χ4v) is 3.27. The third kappa shape index (κ3) is 4.47. The summed E-state index contributed by atoms with van der Waals surface area (Å²) in [6, 6.07) is 22.0. The molecule has 0 aromatic heterocycles. The molecule has 0 radical (unpaired) electrons. The third-order valence-corrected chi connectivity index (χ3v) is 4.69. The Morgan fingerprint density at radius 3 is 2.41 bits per heavy atom. The van der Waals surface area contributed by atoms with Gasteiger partial charge < -0.3 is 15.0 Å². The minimum absolute atomic E-state index is 0.0786. The van der Waals surface area contributed by atoms with Crippen molar-refractivity contribution in [3.8, 4) is 5.75 Å². The molecule has 0 bridgehead atoms. The number of hydrogen-bond donors (Lipinski definition) is 1. The van der Waals surface area contributed by atoms with Crippen LogP contribution in [0.2, 0.25) is 0 Å². The molecule has 0 saturated heterocycles. The Morgan fingerprint density at radius 2 is 1.70 bits per heavy atom. The second kappa shape index (κ2) is 8.69. The van der Waals surface area contributed by atoms with Crippen molar-refractivity contribution in [1.29, 1.82) is 0 Å². The molecule has 4 heteroatoms. The summed E-state index contributed by atoms with van der Waals surface area (Å²) in [5.74, 6) is 0.695. The van der Waals surface area contributed by atoms with Crippen LogP contribution in [-0.2, 0) is 0 Å². The molecule has 0 heterocycles. The maximum Gasteiger partial charge on any atom is 0.251 e. The van der Waals surface area contributed by atoms with Crippen molar-refractivity contribution < 1.29 is 9.53 Å². The van der Waals surface area contributed by atoms with Crippen molar-refractivity contribution in [3.05, 3.63) is 77.9 Å². The number of hydrogen-bond acceptors (Lipinski definition) is 3. The molecule has 1 unspecified atom stereocenters. The van der Waals surface area contributed by atoms with Crippen LogP contribution in [0.25, 0.3) is 10.8 Å². The first-order valence-electron chi connectivity index (χ1n) is 9.25. The lowest BCUT2D eigenvalue weighted by Crippen LogP contribution is -2.34. The lowest BCUT2D eigenvalue weighted by molar-refractivity contribution is 0.0942. The van der Waals surface area contributed by atoms with Gasteiger partial charge in [-0.05, 0) is 61.6 Å². The van der Waals surface area contributed by atoms with Gasteiger partial charge in [-0.1, -0.05) is 42.5 Å². The summed E-state index contributed by atoms with van der Waals surface area (Å²) in [4.78, 5) is 14.7. The molecule has 27 heavy (non-hydrogen) atoms. The number of nitrogens with zero attached hydrogens (tertiary/aromatic N) is 1. The third-order valence-electron chi connectivity index (χ3n) is 4.69. The summed E-state index contributed by atoms with van der Waals surface area (Å²) in [6.07, 6.45) is 0. The molecule has 4 nitrogen and oxygen atoms in total. The van der Waals surface area contributed by atoms with E-state index < -0.39 is 0 Å². The van der Waals surface area contributed by atoms with Crippen LogP contribution >= 0.6 is 0 Å². The Bertz CT molecular complexity index is 898. The van der Waals surface area contributed by atoms with Gasteiger partial charge in [0.05, 0.1) is 12.6 Å². The van der Waals surface area contributed by atoms with Gasteiger partial charge in [0.15, 0.2) is 0 Å². The minimum atomic E-state index is -0.0786. The second-order valence-electron chi connectivity index (χ2n) is 6.72. The van der Waals surface area contributed by atoms with Gasteiger partial charge in [0, 0.05) is 12.1 Å². The van der Waals surface area contributed by atoms with E-state index >= 15 is 0 Å². The summed E-state index contributed by atoms with van der Waals surface area (Å²) in [5, 5.41) is 5.50.